The minimum atomic E-state index is -0.333. The summed E-state index contributed by atoms with van der Waals surface area (Å²) in [5, 5.41) is 0. The highest BCUT2D eigenvalue weighted by Gasteiger charge is 2.48. The van der Waals surface area contributed by atoms with Crippen molar-refractivity contribution in [3.05, 3.63) is 0 Å². The van der Waals surface area contributed by atoms with E-state index in [1.165, 1.54) is 26.4 Å². The van der Waals surface area contributed by atoms with Gasteiger partial charge in [-0.2, -0.15) is 0 Å². The fraction of sp³-hybridized carbons (Fsp3) is 0.909. The summed E-state index contributed by atoms with van der Waals surface area (Å²) in [6.07, 6.45) is 5.91. The summed E-state index contributed by atoms with van der Waals surface area (Å²) in [6, 6.07) is 0.640. The van der Waals surface area contributed by atoms with Crippen molar-refractivity contribution in [1.82, 2.24) is 4.90 Å². The van der Waals surface area contributed by atoms with Crippen LogP contribution in [0.3, 0.4) is 0 Å². The van der Waals surface area contributed by atoms with Gasteiger partial charge in [-0.1, -0.05) is 6.42 Å². The lowest BCUT2D eigenvalue weighted by Gasteiger charge is -2.42. The number of nitrogens with zero attached hydrogens (tertiary/aromatic N) is 1. The Balaban J connectivity index is 2.11. The van der Waals surface area contributed by atoms with Crippen LogP contribution in [-0.4, -0.2) is 36.1 Å². The van der Waals surface area contributed by atoms with E-state index < -0.39 is 0 Å². The predicted molar refractivity (Wildman–Crippen MR) is 54.0 cm³/mol. The molecule has 0 aromatic rings. The lowest BCUT2D eigenvalue weighted by molar-refractivity contribution is -0.154. The average Bonchev–Trinajstić information content (AvgIpc) is 2.46. The molecular weight excluding hydrogens is 178 g/mol. The van der Waals surface area contributed by atoms with Crippen LogP contribution in [0.5, 0.6) is 0 Å². The number of rotatable bonds is 2. The first-order chi connectivity index (χ1) is 6.68. The quantitative estimate of drug-likeness (QED) is 0.629. The zero-order valence-corrected chi connectivity index (χ0v) is 9.08. The summed E-state index contributed by atoms with van der Waals surface area (Å²) >= 11 is 0. The van der Waals surface area contributed by atoms with E-state index in [1.54, 1.807) is 0 Å². The molecule has 2 rings (SSSR count). The van der Waals surface area contributed by atoms with Gasteiger partial charge in [0.25, 0.3) is 0 Å². The molecule has 80 valence electrons. The molecule has 1 saturated heterocycles. The Morgan fingerprint density at radius 2 is 2.14 bits per heavy atom. The molecule has 1 aliphatic heterocycles. The van der Waals surface area contributed by atoms with Gasteiger partial charge >= 0.3 is 5.97 Å². The molecule has 0 amide bonds. The maximum absolute atomic E-state index is 11.7. The van der Waals surface area contributed by atoms with Crippen LogP contribution < -0.4 is 0 Å². The highest BCUT2D eigenvalue weighted by molar-refractivity contribution is 5.80. The topological polar surface area (TPSA) is 29.5 Å². The molecule has 0 radical (unpaired) electrons. The molecule has 1 unspecified atom stereocenters. The second-order valence-corrected chi connectivity index (χ2v) is 4.65. The minimum Gasteiger partial charge on any atom is -0.468 e. The van der Waals surface area contributed by atoms with Gasteiger partial charge in [-0.15, -0.1) is 0 Å². The van der Waals surface area contributed by atoms with E-state index in [-0.39, 0.29) is 11.5 Å². The number of methoxy groups -OCH3 is 1. The molecule has 0 aromatic carbocycles. The van der Waals surface area contributed by atoms with E-state index in [0.717, 1.165) is 19.4 Å². The Morgan fingerprint density at radius 1 is 1.43 bits per heavy atom. The van der Waals surface area contributed by atoms with Crippen LogP contribution in [0, 0.1) is 0 Å². The predicted octanol–water partition coefficient (Wildman–Crippen LogP) is 1.57. The third-order valence-corrected chi connectivity index (χ3v) is 3.84. The van der Waals surface area contributed by atoms with Gasteiger partial charge in [0.2, 0.25) is 0 Å². The third kappa shape index (κ3) is 1.34. The maximum Gasteiger partial charge on any atom is 0.325 e. The van der Waals surface area contributed by atoms with Crippen molar-refractivity contribution in [2.24, 2.45) is 0 Å². The number of esters is 1. The lowest BCUT2D eigenvalue weighted by atomic mass is 9.87. The second kappa shape index (κ2) is 3.54. The summed E-state index contributed by atoms with van der Waals surface area (Å²) in [5.74, 6) is -0.0538. The molecule has 0 aromatic heterocycles. The minimum absolute atomic E-state index is 0.0538. The smallest absolute Gasteiger partial charge is 0.325 e. The van der Waals surface area contributed by atoms with Crippen LogP contribution in [0.25, 0.3) is 0 Å². The molecule has 1 atom stereocenters. The van der Waals surface area contributed by atoms with Crippen LogP contribution >= 0.6 is 0 Å². The SMILES string of the molecule is COC(=O)C1(C)CCCN1C1CCC1. The van der Waals surface area contributed by atoms with Crippen molar-refractivity contribution in [2.75, 3.05) is 13.7 Å². The molecule has 14 heavy (non-hydrogen) atoms. The monoisotopic (exact) mass is 197 g/mol. The van der Waals surface area contributed by atoms with E-state index in [1.807, 2.05) is 6.92 Å². The van der Waals surface area contributed by atoms with Crippen molar-refractivity contribution >= 4 is 5.97 Å². The van der Waals surface area contributed by atoms with Gasteiger partial charge in [0, 0.05) is 6.04 Å². The Morgan fingerprint density at radius 3 is 2.64 bits per heavy atom. The summed E-state index contributed by atoms with van der Waals surface area (Å²) in [5.41, 5.74) is -0.333. The van der Waals surface area contributed by atoms with Crippen molar-refractivity contribution < 1.29 is 9.53 Å². The fourth-order valence-corrected chi connectivity index (χ4v) is 2.71. The molecule has 0 bridgehead atoms. The first kappa shape index (κ1) is 9.97. The molecule has 3 heteroatoms. The summed E-state index contributed by atoms with van der Waals surface area (Å²) in [7, 11) is 1.49. The summed E-state index contributed by atoms with van der Waals surface area (Å²) in [4.78, 5) is 14.1. The van der Waals surface area contributed by atoms with Gasteiger partial charge < -0.3 is 4.74 Å². The number of hydrogen-bond donors (Lipinski definition) is 0. The number of ether oxygens (including phenoxy) is 1. The zero-order chi connectivity index (χ0) is 10.2. The molecule has 2 aliphatic rings. The van der Waals surface area contributed by atoms with Crippen LogP contribution in [0.1, 0.15) is 39.0 Å². The third-order valence-electron chi connectivity index (χ3n) is 3.84. The van der Waals surface area contributed by atoms with Gasteiger partial charge in [0.15, 0.2) is 0 Å². The van der Waals surface area contributed by atoms with E-state index in [9.17, 15) is 4.79 Å². The Kier molecular flexibility index (Phi) is 2.52. The van der Waals surface area contributed by atoms with Crippen LogP contribution in [0.2, 0.25) is 0 Å². The van der Waals surface area contributed by atoms with Crippen molar-refractivity contribution in [3.63, 3.8) is 0 Å². The Labute approximate surface area is 85.4 Å². The second-order valence-electron chi connectivity index (χ2n) is 4.65. The largest absolute Gasteiger partial charge is 0.468 e. The van der Waals surface area contributed by atoms with Crippen molar-refractivity contribution in [3.8, 4) is 0 Å². The van der Waals surface area contributed by atoms with Crippen LogP contribution in [0.4, 0.5) is 0 Å². The van der Waals surface area contributed by atoms with Crippen molar-refractivity contribution in [1.29, 1.82) is 0 Å². The lowest BCUT2D eigenvalue weighted by Crippen LogP contribution is -2.55. The highest BCUT2D eigenvalue weighted by atomic mass is 16.5. The molecular formula is C11H19NO2. The number of hydrogen-bond acceptors (Lipinski definition) is 3. The van der Waals surface area contributed by atoms with Gasteiger partial charge in [-0.25, -0.2) is 0 Å². The molecule has 2 fully saturated rings. The standard InChI is InChI=1S/C11H19NO2/c1-11(10(13)14-2)7-4-8-12(11)9-5-3-6-9/h9H,3-8H2,1-2H3. The molecule has 1 aliphatic carbocycles. The van der Waals surface area contributed by atoms with E-state index >= 15 is 0 Å². The van der Waals surface area contributed by atoms with Gasteiger partial charge in [-0.3, -0.25) is 9.69 Å². The van der Waals surface area contributed by atoms with E-state index in [2.05, 4.69) is 4.90 Å². The van der Waals surface area contributed by atoms with E-state index in [4.69, 9.17) is 4.74 Å². The van der Waals surface area contributed by atoms with Crippen LogP contribution in [-0.2, 0) is 9.53 Å². The van der Waals surface area contributed by atoms with Gasteiger partial charge in [0.05, 0.1) is 7.11 Å². The number of carbonyl (C=O) groups excluding carboxylic acids is 1. The molecule has 3 nitrogen and oxygen atoms in total. The number of likely N-dealkylation sites (tertiary alicyclic amines) is 1. The van der Waals surface area contributed by atoms with Gasteiger partial charge in [-0.05, 0) is 39.2 Å². The van der Waals surface area contributed by atoms with Crippen LogP contribution in [0.15, 0.2) is 0 Å². The molecule has 0 spiro atoms. The Bertz CT molecular complexity index is 237. The first-order valence-corrected chi connectivity index (χ1v) is 5.53. The molecule has 1 saturated carbocycles. The maximum atomic E-state index is 11.7. The Hall–Kier alpha value is -0.570. The van der Waals surface area contributed by atoms with Gasteiger partial charge in [0.1, 0.15) is 5.54 Å². The normalized spacial score (nSPS) is 34.1. The zero-order valence-electron chi connectivity index (χ0n) is 9.08. The van der Waals surface area contributed by atoms with E-state index in [0.29, 0.717) is 6.04 Å². The number of carbonyl (C=O) groups is 1. The summed E-state index contributed by atoms with van der Waals surface area (Å²) in [6.45, 7) is 3.10. The van der Waals surface area contributed by atoms with Crippen molar-refractivity contribution in [2.45, 2.75) is 50.6 Å². The first-order valence-electron chi connectivity index (χ1n) is 5.53. The molecule has 0 N–H and O–H groups in total. The molecule has 1 heterocycles. The summed E-state index contributed by atoms with van der Waals surface area (Å²) < 4.78 is 4.91. The highest BCUT2D eigenvalue weighted by Crippen LogP contribution is 2.38. The fourth-order valence-electron chi connectivity index (χ4n) is 2.71. The average molecular weight is 197 g/mol.